The zero-order chi connectivity index (χ0) is 14.1. The average Bonchev–Trinajstić information content (AvgIpc) is 2.51. The number of hydrogen-bond acceptors (Lipinski definition) is 3. The Bertz CT molecular complexity index is 464. The van der Waals surface area contributed by atoms with E-state index in [1.54, 1.807) is 20.8 Å². The van der Waals surface area contributed by atoms with Crippen LogP contribution in [-0.2, 0) is 6.54 Å². The number of hydrogen-bond donors (Lipinski definition) is 2. The van der Waals surface area contributed by atoms with E-state index in [4.69, 9.17) is 10.9 Å². The molecular weight excluding hydrogens is 249 g/mol. The van der Waals surface area contributed by atoms with Crippen molar-refractivity contribution in [2.24, 2.45) is 16.8 Å². The van der Waals surface area contributed by atoms with Crippen LogP contribution in [0.2, 0.25) is 0 Å². The summed E-state index contributed by atoms with van der Waals surface area (Å²) in [5, 5.41) is 14.9. The molecule has 0 aliphatic heterocycles. The number of aromatic nitrogens is 2. The maximum Gasteiger partial charge on any atom is 0.400 e. The first-order valence-corrected chi connectivity index (χ1v) is 5.23. The van der Waals surface area contributed by atoms with Crippen LogP contribution in [0.25, 0.3) is 0 Å². The molecule has 0 aromatic carbocycles. The lowest BCUT2D eigenvalue weighted by atomic mass is 10.1. The summed E-state index contributed by atoms with van der Waals surface area (Å²) in [6.07, 6.45) is -4.59. The second-order valence-electron chi connectivity index (χ2n) is 4.10. The highest BCUT2D eigenvalue weighted by molar-refractivity contribution is 5.82. The molecule has 18 heavy (non-hydrogen) atoms. The van der Waals surface area contributed by atoms with Gasteiger partial charge in [0.15, 0.2) is 5.84 Å². The number of amidine groups is 1. The Hall–Kier alpha value is -1.73. The van der Waals surface area contributed by atoms with Crippen molar-refractivity contribution in [1.82, 2.24) is 9.78 Å². The van der Waals surface area contributed by atoms with Crippen molar-refractivity contribution in [3.63, 3.8) is 0 Å². The van der Waals surface area contributed by atoms with Gasteiger partial charge in [-0.25, -0.2) is 0 Å². The number of nitrogens with zero attached hydrogens (tertiary/aromatic N) is 3. The van der Waals surface area contributed by atoms with Gasteiger partial charge >= 0.3 is 6.18 Å². The second-order valence-corrected chi connectivity index (χ2v) is 4.10. The Morgan fingerprint density at radius 2 is 2.00 bits per heavy atom. The Morgan fingerprint density at radius 3 is 2.33 bits per heavy atom. The monoisotopic (exact) mass is 264 g/mol. The molecule has 102 valence electrons. The molecule has 1 aromatic rings. The summed E-state index contributed by atoms with van der Waals surface area (Å²) in [5.41, 5.74) is 7.21. The Labute approximate surface area is 102 Å². The maximum atomic E-state index is 12.8. The summed E-state index contributed by atoms with van der Waals surface area (Å²) < 4.78 is 39.5. The maximum absolute atomic E-state index is 12.8. The van der Waals surface area contributed by atoms with Crippen molar-refractivity contribution in [3.05, 3.63) is 17.0 Å². The van der Waals surface area contributed by atoms with Crippen LogP contribution in [0.3, 0.4) is 0 Å². The molecule has 0 bridgehead atoms. The Balaban J connectivity index is 3.08. The Morgan fingerprint density at radius 1 is 1.44 bits per heavy atom. The van der Waals surface area contributed by atoms with Gasteiger partial charge in [-0.05, 0) is 26.3 Å². The summed E-state index contributed by atoms with van der Waals surface area (Å²) in [7, 11) is 0. The van der Waals surface area contributed by atoms with Gasteiger partial charge in [0, 0.05) is 5.69 Å². The van der Waals surface area contributed by atoms with Crippen LogP contribution < -0.4 is 5.73 Å². The van der Waals surface area contributed by atoms with Gasteiger partial charge < -0.3 is 10.9 Å². The summed E-state index contributed by atoms with van der Waals surface area (Å²) >= 11 is 0. The number of aryl methyl sites for hydroxylation is 1. The quantitative estimate of drug-likeness (QED) is 0.378. The van der Waals surface area contributed by atoms with Crippen LogP contribution in [0, 0.1) is 26.7 Å². The lowest BCUT2D eigenvalue weighted by Gasteiger charge is -2.19. The van der Waals surface area contributed by atoms with Gasteiger partial charge in [0.2, 0.25) is 0 Å². The number of oxime groups is 1. The smallest absolute Gasteiger partial charge is 0.400 e. The van der Waals surface area contributed by atoms with Gasteiger partial charge in [0.05, 0.1) is 12.2 Å². The molecule has 3 N–H and O–H groups in total. The van der Waals surface area contributed by atoms with Crippen LogP contribution in [0.4, 0.5) is 13.2 Å². The van der Waals surface area contributed by atoms with Gasteiger partial charge in [-0.15, -0.1) is 0 Å². The molecule has 0 aliphatic rings. The van der Waals surface area contributed by atoms with E-state index in [9.17, 15) is 13.2 Å². The van der Waals surface area contributed by atoms with Crippen LogP contribution in [0.5, 0.6) is 0 Å². The average molecular weight is 264 g/mol. The van der Waals surface area contributed by atoms with Crippen molar-refractivity contribution in [3.8, 4) is 0 Å². The first-order valence-electron chi connectivity index (χ1n) is 5.23. The van der Waals surface area contributed by atoms with E-state index in [0.29, 0.717) is 11.4 Å². The van der Waals surface area contributed by atoms with Gasteiger partial charge in [-0.1, -0.05) is 5.16 Å². The van der Waals surface area contributed by atoms with E-state index in [1.807, 2.05) is 0 Å². The van der Waals surface area contributed by atoms with Gasteiger partial charge in [0.1, 0.15) is 5.92 Å². The zero-order valence-electron chi connectivity index (χ0n) is 10.3. The van der Waals surface area contributed by atoms with Crippen molar-refractivity contribution >= 4 is 5.84 Å². The fourth-order valence-corrected chi connectivity index (χ4v) is 1.57. The van der Waals surface area contributed by atoms with Crippen LogP contribution in [0.15, 0.2) is 5.16 Å². The molecule has 0 amide bonds. The summed E-state index contributed by atoms with van der Waals surface area (Å²) in [6, 6.07) is 0. The topological polar surface area (TPSA) is 76.4 Å². The molecule has 5 nitrogen and oxygen atoms in total. The minimum Gasteiger partial charge on any atom is -0.409 e. The van der Waals surface area contributed by atoms with Crippen molar-refractivity contribution in [2.45, 2.75) is 33.5 Å². The highest BCUT2D eigenvalue weighted by atomic mass is 19.4. The van der Waals surface area contributed by atoms with Crippen LogP contribution in [0.1, 0.15) is 17.0 Å². The number of rotatable bonds is 3. The van der Waals surface area contributed by atoms with Gasteiger partial charge in [0.25, 0.3) is 0 Å². The van der Waals surface area contributed by atoms with Crippen molar-refractivity contribution < 1.29 is 18.4 Å². The minimum atomic E-state index is -4.59. The van der Waals surface area contributed by atoms with E-state index in [2.05, 4.69) is 10.3 Å². The highest BCUT2D eigenvalue weighted by Gasteiger charge is 2.43. The van der Waals surface area contributed by atoms with E-state index in [0.717, 1.165) is 5.56 Å². The second kappa shape index (κ2) is 4.87. The van der Waals surface area contributed by atoms with Gasteiger partial charge in [-0.3, -0.25) is 4.68 Å². The fourth-order valence-electron chi connectivity index (χ4n) is 1.57. The lowest BCUT2D eigenvalue weighted by Crippen LogP contribution is -2.39. The lowest BCUT2D eigenvalue weighted by molar-refractivity contribution is -0.159. The van der Waals surface area contributed by atoms with E-state index < -0.39 is 24.5 Å². The molecule has 0 radical (unpaired) electrons. The predicted molar refractivity (Wildman–Crippen MR) is 59.4 cm³/mol. The summed E-state index contributed by atoms with van der Waals surface area (Å²) in [6.45, 7) is 4.67. The third-order valence-corrected chi connectivity index (χ3v) is 2.97. The molecule has 0 spiro atoms. The molecule has 0 fully saturated rings. The Kier molecular flexibility index (Phi) is 3.88. The highest BCUT2D eigenvalue weighted by Crippen LogP contribution is 2.28. The number of alkyl halides is 3. The van der Waals surface area contributed by atoms with Crippen LogP contribution >= 0.6 is 0 Å². The minimum absolute atomic E-state index is 0.500. The van der Waals surface area contributed by atoms with E-state index in [-0.39, 0.29) is 0 Å². The van der Waals surface area contributed by atoms with E-state index in [1.165, 1.54) is 4.68 Å². The number of nitrogens with two attached hydrogens (primary N) is 1. The molecule has 0 aliphatic carbocycles. The van der Waals surface area contributed by atoms with Crippen molar-refractivity contribution in [2.75, 3.05) is 0 Å². The molecule has 1 rings (SSSR count). The molecule has 1 heterocycles. The summed E-state index contributed by atoms with van der Waals surface area (Å²) in [4.78, 5) is 0. The molecule has 0 saturated carbocycles. The van der Waals surface area contributed by atoms with Crippen LogP contribution in [-0.4, -0.2) is 27.0 Å². The predicted octanol–water partition coefficient (Wildman–Crippen LogP) is 1.73. The molecule has 1 atom stereocenters. The third-order valence-electron chi connectivity index (χ3n) is 2.97. The van der Waals surface area contributed by atoms with Crippen molar-refractivity contribution in [1.29, 1.82) is 0 Å². The van der Waals surface area contributed by atoms with Gasteiger partial charge in [-0.2, -0.15) is 18.3 Å². The number of halogens is 3. The third kappa shape index (κ3) is 2.74. The first-order chi connectivity index (χ1) is 8.18. The molecule has 1 aromatic heterocycles. The molecule has 1 unspecified atom stereocenters. The molecule has 0 saturated heterocycles. The summed E-state index contributed by atoms with van der Waals surface area (Å²) in [5.74, 6) is -2.92. The molecular formula is C10H15F3N4O. The zero-order valence-corrected chi connectivity index (χ0v) is 10.3. The molecule has 8 heteroatoms. The van der Waals surface area contributed by atoms with E-state index >= 15 is 0 Å². The SMILES string of the molecule is Cc1nn(CC(C(N)=NO)C(F)(F)F)c(C)c1C. The normalized spacial score (nSPS) is 14.9. The fraction of sp³-hybridized carbons (Fsp3) is 0.600. The first kappa shape index (κ1) is 14.3. The standard InChI is InChI=1S/C10H15F3N4O/c1-5-6(2)15-17(7(5)3)4-8(9(14)16-18)10(11,12)13/h8,18H,4H2,1-3H3,(H2,14,16). The largest absolute Gasteiger partial charge is 0.409 e.